The lowest BCUT2D eigenvalue weighted by molar-refractivity contribution is -0.121. The predicted molar refractivity (Wildman–Crippen MR) is 161 cm³/mol. The highest BCUT2D eigenvalue weighted by atomic mass is 35.5. The van der Waals surface area contributed by atoms with Gasteiger partial charge in [0.25, 0.3) is 11.8 Å². The molecule has 0 spiro atoms. The average molecular weight is 559 g/mol. The number of hydrogen-bond acceptors (Lipinski definition) is 4. The Morgan fingerprint density at radius 2 is 1.20 bits per heavy atom. The summed E-state index contributed by atoms with van der Waals surface area (Å²) in [4.78, 5) is 43.6. The molecule has 4 amide bonds. The Kier molecular flexibility index (Phi) is 7.06. The largest absolute Gasteiger partial charge is 0.488 e. The van der Waals surface area contributed by atoms with Crippen molar-refractivity contribution < 1.29 is 19.1 Å². The van der Waals surface area contributed by atoms with Gasteiger partial charge in [-0.05, 0) is 64.9 Å². The zero-order valence-corrected chi connectivity index (χ0v) is 22.5. The van der Waals surface area contributed by atoms with E-state index in [9.17, 15) is 14.4 Å². The molecular weight excluding hydrogens is 536 g/mol. The number of amides is 4. The Morgan fingerprint density at radius 3 is 1.80 bits per heavy atom. The Labute approximate surface area is 241 Å². The van der Waals surface area contributed by atoms with Gasteiger partial charge in [-0.25, -0.2) is 14.6 Å². The van der Waals surface area contributed by atoms with Crippen LogP contribution in [0.2, 0.25) is 5.02 Å². The first kappa shape index (κ1) is 26.0. The van der Waals surface area contributed by atoms with Crippen LogP contribution in [0.4, 0.5) is 16.2 Å². The standard InChI is InChI=1S/C34H23ClN2O4/c35-25-18-15-23(16-19-25)22-41-31-20-17-24-9-7-8-14-28(24)29(31)21-30-32(38)36(26-10-3-1-4-11-26)34(40)37(33(30)39)27-12-5-2-6-13-27/h1-21H,22H2. The van der Waals surface area contributed by atoms with Crippen LogP contribution < -0.4 is 14.5 Å². The summed E-state index contributed by atoms with van der Waals surface area (Å²) in [6, 6.07) is 35.1. The lowest BCUT2D eigenvalue weighted by Gasteiger charge is -2.34. The van der Waals surface area contributed by atoms with Crippen molar-refractivity contribution in [3.63, 3.8) is 0 Å². The number of carbonyl (C=O) groups is 3. The van der Waals surface area contributed by atoms with Crippen molar-refractivity contribution in [2.45, 2.75) is 6.61 Å². The van der Waals surface area contributed by atoms with Crippen LogP contribution in [0.25, 0.3) is 16.8 Å². The minimum atomic E-state index is -0.744. The quantitative estimate of drug-likeness (QED) is 0.158. The lowest BCUT2D eigenvalue weighted by atomic mass is 9.99. The third-order valence-electron chi connectivity index (χ3n) is 6.81. The van der Waals surface area contributed by atoms with Crippen molar-refractivity contribution in [3.05, 3.63) is 143 Å². The highest BCUT2D eigenvalue weighted by Gasteiger charge is 2.43. The second kappa shape index (κ2) is 11.1. The second-order valence-corrected chi connectivity index (χ2v) is 9.84. The number of carbonyl (C=O) groups excluding carboxylic acids is 3. The Bertz CT molecular complexity index is 1740. The van der Waals surface area contributed by atoms with Crippen molar-refractivity contribution in [2.24, 2.45) is 0 Å². The van der Waals surface area contributed by atoms with Gasteiger partial charge in [-0.15, -0.1) is 0 Å². The predicted octanol–water partition coefficient (Wildman–Crippen LogP) is 7.66. The van der Waals surface area contributed by atoms with E-state index in [0.29, 0.717) is 27.7 Å². The first-order chi connectivity index (χ1) is 20.0. The van der Waals surface area contributed by atoms with E-state index in [4.69, 9.17) is 16.3 Å². The number of ether oxygens (including phenoxy) is 1. The Balaban J connectivity index is 1.50. The van der Waals surface area contributed by atoms with E-state index < -0.39 is 17.8 Å². The van der Waals surface area contributed by atoms with Crippen LogP contribution in [0.1, 0.15) is 11.1 Å². The van der Waals surface area contributed by atoms with E-state index in [1.54, 1.807) is 72.8 Å². The van der Waals surface area contributed by atoms with Crippen LogP contribution in [0.3, 0.4) is 0 Å². The van der Waals surface area contributed by atoms with Gasteiger partial charge in [0.15, 0.2) is 0 Å². The molecule has 1 saturated heterocycles. The molecule has 0 bridgehead atoms. The maximum absolute atomic E-state index is 13.9. The Morgan fingerprint density at radius 1 is 0.634 bits per heavy atom. The van der Waals surface area contributed by atoms with E-state index in [-0.39, 0.29) is 12.2 Å². The molecule has 0 N–H and O–H groups in total. The van der Waals surface area contributed by atoms with Crippen molar-refractivity contribution in [1.82, 2.24) is 0 Å². The summed E-state index contributed by atoms with van der Waals surface area (Å²) < 4.78 is 6.22. The fraction of sp³-hybridized carbons (Fsp3) is 0.0294. The monoisotopic (exact) mass is 558 g/mol. The van der Waals surface area contributed by atoms with Gasteiger partial charge in [0.2, 0.25) is 0 Å². The van der Waals surface area contributed by atoms with E-state index in [0.717, 1.165) is 26.1 Å². The second-order valence-electron chi connectivity index (χ2n) is 9.41. The highest BCUT2D eigenvalue weighted by Crippen LogP contribution is 2.34. The molecule has 1 aliphatic heterocycles. The zero-order valence-electron chi connectivity index (χ0n) is 21.7. The molecule has 0 aliphatic carbocycles. The van der Waals surface area contributed by atoms with E-state index in [1.165, 1.54) is 6.08 Å². The summed E-state index contributed by atoms with van der Waals surface area (Å²) in [6.07, 6.45) is 1.53. The molecule has 0 atom stereocenters. The summed E-state index contributed by atoms with van der Waals surface area (Å²) in [5.41, 5.74) is 2.02. The first-order valence-corrected chi connectivity index (χ1v) is 13.3. The summed E-state index contributed by atoms with van der Waals surface area (Å²) >= 11 is 6.03. The number of benzene rings is 5. The molecule has 5 aromatic rings. The number of fused-ring (bicyclic) bond motifs is 1. The maximum atomic E-state index is 13.9. The summed E-state index contributed by atoms with van der Waals surface area (Å²) in [5, 5.41) is 2.33. The normalized spacial score (nSPS) is 13.6. The average Bonchev–Trinajstić information content (AvgIpc) is 3.00. The molecule has 6 nitrogen and oxygen atoms in total. The molecule has 0 unspecified atom stereocenters. The zero-order chi connectivity index (χ0) is 28.3. The number of halogens is 1. The number of hydrogen-bond donors (Lipinski definition) is 0. The van der Waals surface area contributed by atoms with E-state index in [2.05, 4.69) is 0 Å². The Hall–Kier alpha value is -5.20. The number of imide groups is 2. The van der Waals surface area contributed by atoms with Crippen LogP contribution in [-0.2, 0) is 16.2 Å². The highest BCUT2D eigenvalue weighted by molar-refractivity contribution is 6.46. The molecule has 1 fully saturated rings. The minimum Gasteiger partial charge on any atom is -0.488 e. The molecule has 1 heterocycles. The molecule has 1 aliphatic rings. The van der Waals surface area contributed by atoms with Gasteiger partial charge in [-0.2, -0.15) is 0 Å². The number of barbiturate groups is 1. The fourth-order valence-electron chi connectivity index (χ4n) is 4.78. The number of urea groups is 1. The van der Waals surface area contributed by atoms with Gasteiger partial charge in [0.1, 0.15) is 17.9 Å². The maximum Gasteiger partial charge on any atom is 0.343 e. The molecule has 0 aromatic heterocycles. The van der Waals surface area contributed by atoms with Crippen molar-refractivity contribution >= 4 is 57.7 Å². The van der Waals surface area contributed by atoms with E-state index >= 15 is 0 Å². The molecule has 6 rings (SSSR count). The van der Waals surface area contributed by atoms with Gasteiger partial charge < -0.3 is 4.74 Å². The number of rotatable bonds is 6. The molecule has 7 heteroatoms. The molecule has 0 radical (unpaired) electrons. The smallest absolute Gasteiger partial charge is 0.343 e. The minimum absolute atomic E-state index is 0.162. The van der Waals surface area contributed by atoms with Gasteiger partial charge in [0.05, 0.1) is 11.4 Å². The van der Waals surface area contributed by atoms with Crippen molar-refractivity contribution in [1.29, 1.82) is 0 Å². The number of para-hydroxylation sites is 2. The lowest BCUT2D eigenvalue weighted by Crippen LogP contribution is -2.57. The first-order valence-electron chi connectivity index (χ1n) is 12.9. The third kappa shape index (κ3) is 5.09. The molecule has 5 aromatic carbocycles. The molecule has 0 saturated carbocycles. The third-order valence-corrected chi connectivity index (χ3v) is 7.06. The van der Waals surface area contributed by atoms with Gasteiger partial charge >= 0.3 is 6.03 Å². The number of anilines is 2. The molecule has 41 heavy (non-hydrogen) atoms. The van der Waals surface area contributed by atoms with Gasteiger partial charge in [-0.1, -0.05) is 90.5 Å². The fourth-order valence-corrected chi connectivity index (χ4v) is 4.90. The number of nitrogens with zero attached hydrogens (tertiary/aromatic N) is 2. The SMILES string of the molecule is O=C1C(=Cc2c(OCc3ccc(Cl)cc3)ccc3ccccc23)C(=O)N(c2ccccc2)C(=O)N1c1ccccc1. The summed E-state index contributed by atoms with van der Waals surface area (Å²) in [6.45, 7) is 0.248. The topological polar surface area (TPSA) is 66.9 Å². The summed E-state index contributed by atoms with van der Waals surface area (Å²) in [7, 11) is 0. The molecule has 200 valence electrons. The van der Waals surface area contributed by atoms with Crippen LogP contribution >= 0.6 is 11.6 Å². The van der Waals surface area contributed by atoms with Crippen LogP contribution in [-0.4, -0.2) is 17.8 Å². The van der Waals surface area contributed by atoms with Gasteiger partial charge in [-0.3, -0.25) is 9.59 Å². The van der Waals surface area contributed by atoms with Crippen LogP contribution in [0, 0.1) is 0 Å². The molecular formula is C34H23ClN2O4. The van der Waals surface area contributed by atoms with Crippen LogP contribution in [0.15, 0.2) is 127 Å². The summed E-state index contributed by atoms with van der Waals surface area (Å²) in [5.74, 6) is -0.939. The van der Waals surface area contributed by atoms with E-state index in [1.807, 2.05) is 48.5 Å². The van der Waals surface area contributed by atoms with Crippen LogP contribution in [0.5, 0.6) is 5.75 Å². The van der Waals surface area contributed by atoms with Gasteiger partial charge in [0, 0.05) is 10.6 Å². The van der Waals surface area contributed by atoms with Crippen molar-refractivity contribution in [3.8, 4) is 5.75 Å². The van der Waals surface area contributed by atoms with Crippen molar-refractivity contribution in [2.75, 3.05) is 9.80 Å².